The molecule has 1 heterocycles. The SMILES string of the molecule is O=C(/C(=N\Nc1cn[nH]c(=O)c1Cl)c1ccccc1)c1ccccc1. The fourth-order valence-electron chi connectivity index (χ4n) is 2.15. The monoisotopic (exact) mass is 352 g/mol. The van der Waals surface area contributed by atoms with Gasteiger partial charge in [0.05, 0.1) is 6.20 Å². The van der Waals surface area contributed by atoms with Crippen molar-refractivity contribution in [3.63, 3.8) is 0 Å². The van der Waals surface area contributed by atoms with E-state index in [4.69, 9.17) is 11.6 Å². The van der Waals surface area contributed by atoms with Gasteiger partial charge in [0.15, 0.2) is 0 Å². The van der Waals surface area contributed by atoms with Crippen molar-refractivity contribution in [1.29, 1.82) is 0 Å². The van der Waals surface area contributed by atoms with Crippen LogP contribution in [0.25, 0.3) is 0 Å². The Hall–Kier alpha value is -3.25. The van der Waals surface area contributed by atoms with Crippen molar-refractivity contribution in [1.82, 2.24) is 10.2 Å². The van der Waals surface area contributed by atoms with Crippen molar-refractivity contribution in [2.45, 2.75) is 0 Å². The van der Waals surface area contributed by atoms with Crippen LogP contribution >= 0.6 is 11.6 Å². The van der Waals surface area contributed by atoms with Crippen LogP contribution in [0.5, 0.6) is 0 Å². The highest BCUT2D eigenvalue weighted by molar-refractivity contribution is 6.51. The highest BCUT2D eigenvalue weighted by atomic mass is 35.5. The average Bonchev–Trinajstić information content (AvgIpc) is 2.66. The van der Waals surface area contributed by atoms with Gasteiger partial charge in [-0.2, -0.15) is 10.2 Å². The van der Waals surface area contributed by atoms with E-state index in [-0.39, 0.29) is 22.2 Å². The number of nitrogens with one attached hydrogen (secondary N) is 2. The van der Waals surface area contributed by atoms with Gasteiger partial charge in [-0.1, -0.05) is 72.3 Å². The van der Waals surface area contributed by atoms with E-state index in [1.165, 1.54) is 6.20 Å². The number of benzene rings is 2. The summed E-state index contributed by atoms with van der Waals surface area (Å²) < 4.78 is 0. The number of H-pyrrole nitrogens is 1. The molecule has 0 bridgehead atoms. The second kappa shape index (κ2) is 7.55. The fraction of sp³-hybridized carbons (Fsp3) is 0. The number of hydrazone groups is 1. The Labute approximate surface area is 148 Å². The number of ketones is 1. The second-order valence-corrected chi connectivity index (χ2v) is 5.44. The first kappa shape index (κ1) is 16.6. The lowest BCUT2D eigenvalue weighted by atomic mass is 10.0. The van der Waals surface area contributed by atoms with Gasteiger partial charge in [-0.15, -0.1) is 0 Å². The lowest BCUT2D eigenvalue weighted by molar-refractivity contribution is 0.106. The van der Waals surface area contributed by atoms with E-state index in [1.54, 1.807) is 36.4 Å². The molecule has 2 N–H and O–H groups in total. The van der Waals surface area contributed by atoms with Gasteiger partial charge < -0.3 is 0 Å². The number of rotatable bonds is 5. The van der Waals surface area contributed by atoms with Crippen LogP contribution in [0.15, 0.2) is 76.8 Å². The van der Waals surface area contributed by atoms with Gasteiger partial charge in [0.25, 0.3) is 5.56 Å². The number of aromatic nitrogens is 2. The number of nitrogens with zero attached hydrogens (tertiary/aromatic N) is 2. The number of anilines is 1. The van der Waals surface area contributed by atoms with Crippen LogP contribution in [0.3, 0.4) is 0 Å². The molecule has 3 rings (SSSR count). The van der Waals surface area contributed by atoms with Crippen LogP contribution in [0, 0.1) is 0 Å². The summed E-state index contributed by atoms with van der Waals surface area (Å²) in [5, 5.41) is 9.97. The smallest absolute Gasteiger partial charge is 0.285 e. The molecule has 2 aromatic carbocycles. The van der Waals surface area contributed by atoms with Gasteiger partial charge in [-0.25, -0.2) is 5.10 Å². The summed E-state index contributed by atoms with van der Waals surface area (Å²) in [5.41, 5.74) is 3.66. The number of aromatic amines is 1. The number of carbonyl (C=O) groups excluding carboxylic acids is 1. The lowest BCUT2D eigenvalue weighted by Crippen LogP contribution is -2.18. The first-order valence-electron chi connectivity index (χ1n) is 7.39. The minimum absolute atomic E-state index is 0.0849. The zero-order chi connectivity index (χ0) is 17.6. The maximum atomic E-state index is 12.8. The Morgan fingerprint density at radius 1 is 1.00 bits per heavy atom. The third-order valence-electron chi connectivity index (χ3n) is 3.38. The quantitative estimate of drug-likeness (QED) is 0.419. The molecule has 0 atom stereocenters. The maximum absolute atomic E-state index is 12.8. The van der Waals surface area contributed by atoms with Gasteiger partial charge >= 0.3 is 0 Å². The summed E-state index contributed by atoms with van der Waals surface area (Å²) in [7, 11) is 0. The predicted octanol–water partition coefficient (Wildman–Crippen LogP) is 3.12. The van der Waals surface area contributed by atoms with Gasteiger partial charge in [-0.3, -0.25) is 15.0 Å². The first-order valence-corrected chi connectivity index (χ1v) is 7.76. The van der Waals surface area contributed by atoms with Crippen molar-refractivity contribution in [2.24, 2.45) is 5.10 Å². The molecule has 0 fully saturated rings. The molecule has 0 saturated heterocycles. The average molecular weight is 353 g/mol. The minimum atomic E-state index is -0.544. The molecular formula is C18H13ClN4O2. The van der Waals surface area contributed by atoms with E-state index < -0.39 is 5.56 Å². The molecule has 0 saturated carbocycles. The molecule has 0 aliphatic heterocycles. The first-order chi connectivity index (χ1) is 12.2. The second-order valence-electron chi connectivity index (χ2n) is 5.06. The van der Waals surface area contributed by atoms with Crippen LogP contribution in [0.1, 0.15) is 15.9 Å². The zero-order valence-electron chi connectivity index (χ0n) is 12.9. The highest BCUT2D eigenvalue weighted by Crippen LogP contribution is 2.15. The van der Waals surface area contributed by atoms with Gasteiger partial charge in [0.1, 0.15) is 16.4 Å². The van der Waals surface area contributed by atoms with Crippen molar-refractivity contribution >= 4 is 28.8 Å². The molecule has 124 valence electrons. The van der Waals surface area contributed by atoms with Crippen molar-refractivity contribution in [3.05, 3.63) is 93.4 Å². The molecule has 25 heavy (non-hydrogen) atoms. The van der Waals surface area contributed by atoms with Crippen LogP contribution in [0.4, 0.5) is 5.69 Å². The van der Waals surface area contributed by atoms with Gasteiger partial charge in [0.2, 0.25) is 5.78 Å². The molecule has 0 aliphatic rings. The predicted molar refractivity (Wildman–Crippen MR) is 97.2 cm³/mol. The minimum Gasteiger partial charge on any atom is -0.287 e. The number of halogens is 1. The molecule has 0 unspecified atom stereocenters. The molecule has 0 spiro atoms. The molecular weight excluding hydrogens is 340 g/mol. The topological polar surface area (TPSA) is 87.2 Å². The third-order valence-corrected chi connectivity index (χ3v) is 3.76. The standard InChI is InChI=1S/C18H13ClN4O2/c19-15-14(11-20-23-18(15)25)21-22-16(12-7-3-1-4-8-12)17(24)13-9-5-2-6-10-13/h1-11H,(H2,21,23,25)/b22-16-. The zero-order valence-corrected chi connectivity index (χ0v) is 13.7. The summed E-state index contributed by atoms with van der Waals surface area (Å²) in [6.07, 6.45) is 1.32. The summed E-state index contributed by atoms with van der Waals surface area (Å²) in [4.78, 5) is 24.3. The van der Waals surface area contributed by atoms with E-state index in [2.05, 4.69) is 20.7 Å². The van der Waals surface area contributed by atoms with Crippen molar-refractivity contribution in [2.75, 3.05) is 5.43 Å². The van der Waals surface area contributed by atoms with Gasteiger partial charge in [-0.05, 0) is 0 Å². The summed E-state index contributed by atoms with van der Waals surface area (Å²) in [5.74, 6) is -0.256. The lowest BCUT2D eigenvalue weighted by Gasteiger charge is -2.08. The van der Waals surface area contributed by atoms with E-state index in [1.807, 2.05) is 24.3 Å². The molecule has 0 radical (unpaired) electrons. The summed E-state index contributed by atoms with van der Waals surface area (Å²) in [6, 6.07) is 17.8. The largest absolute Gasteiger partial charge is 0.287 e. The number of hydrogen-bond acceptors (Lipinski definition) is 5. The molecule has 1 aromatic heterocycles. The van der Waals surface area contributed by atoms with E-state index in [0.717, 1.165) is 0 Å². The van der Waals surface area contributed by atoms with Crippen LogP contribution in [-0.2, 0) is 0 Å². The molecule has 7 heteroatoms. The Balaban J connectivity index is 2.01. The number of Topliss-reactive ketones (excluding diaryl/α,β-unsaturated/α-hetero) is 1. The Kier molecular flexibility index (Phi) is 5.01. The molecule has 3 aromatic rings. The maximum Gasteiger partial charge on any atom is 0.285 e. The van der Waals surface area contributed by atoms with E-state index in [9.17, 15) is 9.59 Å². The van der Waals surface area contributed by atoms with E-state index in [0.29, 0.717) is 11.1 Å². The number of carbonyl (C=O) groups is 1. The van der Waals surface area contributed by atoms with Crippen LogP contribution in [-0.4, -0.2) is 21.7 Å². The van der Waals surface area contributed by atoms with Gasteiger partial charge in [0, 0.05) is 11.1 Å². The number of hydrogen-bond donors (Lipinski definition) is 2. The van der Waals surface area contributed by atoms with Crippen molar-refractivity contribution < 1.29 is 4.79 Å². The molecule has 0 aliphatic carbocycles. The fourth-order valence-corrected chi connectivity index (χ4v) is 2.28. The Morgan fingerprint density at radius 2 is 1.60 bits per heavy atom. The Bertz CT molecular complexity index is 969. The Morgan fingerprint density at radius 3 is 2.24 bits per heavy atom. The van der Waals surface area contributed by atoms with E-state index >= 15 is 0 Å². The summed E-state index contributed by atoms with van der Waals surface area (Å²) >= 11 is 5.92. The molecule has 0 amide bonds. The third kappa shape index (κ3) is 3.81. The van der Waals surface area contributed by atoms with Crippen LogP contribution < -0.4 is 11.0 Å². The highest BCUT2D eigenvalue weighted by Gasteiger charge is 2.16. The summed E-state index contributed by atoms with van der Waals surface area (Å²) in [6.45, 7) is 0. The molecule has 6 nitrogen and oxygen atoms in total. The normalized spacial score (nSPS) is 11.2. The van der Waals surface area contributed by atoms with Crippen molar-refractivity contribution in [3.8, 4) is 0 Å². The van der Waals surface area contributed by atoms with Crippen LogP contribution in [0.2, 0.25) is 5.02 Å².